The fraction of sp³-hybridized carbons (Fsp3) is 0.188. The van der Waals surface area contributed by atoms with E-state index in [9.17, 15) is 14.3 Å². The average molecular weight is 575 g/mol. The monoisotopic (exact) mass is 574 g/mol. The zero-order chi connectivity index (χ0) is 29.5. The Morgan fingerprint density at radius 1 is 1.00 bits per heavy atom. The first-order valence-electron chi connectivity index (χ1n) is 13.2. The Bertz CT molecular complexity index is 1830. The summed E-state index contributed by atoms with van der Waals surface area (Å²) >= 11 is 0. The van der Waals surface area contributed by atoms with E-state index in [1.165, 1.54) is 37.4 Å². The number of rotatable bonds is 8. The lowest BCUT2D eigenvalue weighted by molar-refractivity contribution is 0.0456. The number of aryl methyl sites for hydroxylation is 1. The molecule has 0 radical (unpaired) electrons. The number of para-hydroxylation sites is 1. The summed E-state index contributed by atoms with van der Waals surface area (Å²) in [4.78, 5) is 16.0. The molecular formula is C32H25F3N2O5. The third-order valence-corrected chi connectivity index (χ3v) is 7.23. The standard InChI is InChI=1S/C32H25F3N2O5/c1-17-6-8-21(23(33)12-17)32-41-28-5-3-4-20(30(28)42-32)19-13-24(34)22(25(35)14-19)16-29-36-26-9-7-18(31(38)39)15-27(26)37(29)10-11-40-2/h3-9,12-15,32H,10-11,16H2,1-2H3,(H,38,39). The molecule has 5 aromatic rings. The molecule has 1 aliphatic heterocycles. The van der Waals surface area contributed by atoms with Gasteiger partial charge in [-0.25, -0.2) is 22.9 Å². The molecule has 10 heteroatoms. The number of carboxylic acid groups (broad SMARTS) is 1. The van der Waals surface area contributed by atoms with E-state index in [2.05, 4.69) is 4.98 Å². The molecule has 4 aromatic carbocycles. The highest BCUT2D eigenvalue weighted by molar-refractivity contribution is 5.92. The molecule has 1 atom stereocenters. The molecule has 1 unspecified atom stereocenters. The lowest BCUT2D eigenvalue weighted by atomic mass is 10.00. The van der Waals surface area contributed by atoms with Gasteiger partial charge in [0.05, 0.1) is 28.8 Å². The van der Waals surface area contributed by atoms with Gasteiger partial charge in [-0.05, 0) is 66.6 Å². The topological polar surface area (TPSA) is 82.8 Å². The van der Waals surface area contributed by atoms with Gasteiger partial charge in [0.15, 0.2) is 11.5 Å². The van der Waals surface area contributed by atoms with Gasteiger partial charge in [0, 0.05) is 31.2 Å². The van der Waals surface area contributed by atoms with Gasteiger partial charge in [0.1, 0.15) is 23.3 Å². The van der Waals surface area contributed by atoms with Gasteiger partial charge in [0.2, 0.25) is 0 Å². The van der Waals surface area contributed by atoms with Crippen molar-refractivity contribution in [1.82, 2.24) is 9.55 Å². The minimum absolute atomic E-state index is 0.0725. The Morgan fingerprint density at radius 2 is 1.79 bits per heavy atom. The van der Waals surface area contributed by atoms with E-state index in [1.807, 2.05) is 0 Å². The molecule has 0 bridgehead atoms. The number of benzene rings is 4. The molecule has 0 spiro atoms. The van der Waals surface area contributed by atoms with Crippen molar-refractivity contribution >= 4 is 17.0 Å². The molecule has 7 nitrogen and oxygen atoms in total. The van der Waals surface area contributed by atoms with E-state index in [4.69, 9.17) is 14.2 Å². The highest BCUT2D eigenvalue weighted by Gasteiger charge is 2.31. The Balaban J connectivity index is 1.34. The molecule has 0 amide bonds. The Morgan fingerprint density at radius 3 is 2.50 bits per heavy atom. The minimum Gasteiger partial charge on any atom is -0.478 e. The number of hydrogen-bond acceptors (Lipinski definition) is 5. The predicted octanol–water partition coefficient (Wildman–Crippen LogP) is 6.83. The number of carboxylic acids is 1. The molecule has 2 heterocycles. The van der Waals surface area contributed by atoms with Crippen molar-refractivity contribution in [1.29, 1.82) is 0 Å². The summed E-state index contributed by atoms with van der Waals surface area (Å²) in [6, 6.07) is 16.6. The van der Waals surface area contributed by atoms with Gasteiger partial charge in [-0.3, -0.25) is 0 Å². The number of aromatic carboxylic acids is 1. The van der Waals surface area contributed by atoms with Gasteiger partial charge in [-0.15, -0.1) is 0 Å². The van der Waals surface area contributed by atoms with Gasteiger partial charge in [-0.1, -0.05) is 18.2 Å². The normalized spacial score (nSPS) is 14.1. The molecule has 0 saturated carbocycles. The number of carbonyl (C=O) groups is 1. The Kier molecular flexibility index (Phi) is 7.07. The van der Waals surface area contributed by atoms with E-state index >= 15 is 8.78 Å². The van der Waals surface area contributed by atoms with Crippen LogP contribution in [0, 0.1) is 24.4 Å². The first-order chi connectivity index (χ1) is 20.2. The lowest BCUT2D eigenvalue weighted by Crippen LogP contribution is -2.11. The number of methoxy groups -OCH3 is 1. The van der Waals surface area contributed by atoms with Crippen LogP contribution in [0.15, 0.2) is 66.7 Å². The molecule has 6 rings (SSSR count). The molecule has 1 N–H and O–H groups in total. The van der Waals surface area contributed by atoms with Crippen LogP contribution in [0.5, 0.6) is 11.5 Å². The second kappa shape index (κ2) is 10.9. The summed E-state index contributed by atoms with van der Waals surface area (Å²) in [7, 11) is 1.52. The molecule has 214 valence electrons. The largest absolute Gasteiger partial charge is 0.478 e. The van der Waals surface area contributed by atoms with E-state index in [0.29, 0.717) is 34.7 Å². The van der Waals surface area contributed by atoms with Gasteiger partial charge < -0.3 is 23.9 Å². The zero-order valence-corrected chi connectivity index (χ0v) is 22.7. The Labute approximate surface area is 238 Å². The van der Waals surface area contributed by atoms with Gasteiger partial charge in [-0.2, -0.15) is 0 Å². The van der Waals surface area contributed by atoms with Crippen LogP contribution in [0.1, 0.15) is 39.2 Å². The highest BCUT2D eigenvalue weighted by atomic mass is 19.1. The van der Waals surface area contributed by atoms with Gasteiger partial charge >= 0.3 is 5.97 Å². The maximum atomic E-state index is 15.6. The van der Waals surface area contributed by atoms with Crippen molar-refractivity contribution in [3.8, 4) is 22.6 Å². The summed E-state index contributed by atoms with van der Waals surface area (Å²) in [5, 5.41) is 9.41. The number of aromatic nitrogens is 2. The van der Waals surface area contributed by atoms with Crippen LogP contribution in [0.2, 0.25) is 0 Å². The molecule has 0 fully saturated rings. The fourth-order valence-electron chi connectivity index (χ4n) is 5.11. The molecular weight excluding hydrogens is 549 g/mol. The summed E-state index contributed by atoms with van der Waals surface area (Å²) in [6.07, 6.45) is -1.22. The summed E-state index contributed by atoms with van der Waals surface area (Å²) in [6.45, 7) is 2.37. The summed E-state index contributed by atoms with van der Waals surface area (Å²) in [5.41, 5.74) is 2.47. The van der Waals surface area contributed by atoms with Gasteiger partial charge in [0.25, 0.3) is 6.29 Å². The zero-order valence-electron chi connectivity index (χ0n) is 22.7. The van der Waals surface area contributed by atoms with Crippen LogP contribution in [0.25, 0.3) is 22.2 Å². The summed E-state index contributed by atoms with van der Waals surface area (Å²) in [5.74, 6) is -2.22. The van der Waals surface area contributed by atoms with Crippen molar-refractivity contribution in [2.24, 2.45) is 0 Å². The molecule has 1 aliphatic rings. The third kappa shape index (κ3) is 4.94. The highest BCUT2D eigenvalue weighted by Crippen LogP contribution is 2.47. The number of fused-ring (bicyclic) bond motifs is 2. The maximum Gasteiger partial charge on any atom is 0.335 e. The van der Waals surface area contributed by atoms with Crippen molar-refractivity contribution in [2.45, 2.75) is 26.2 Å². The second-order valence-corrected chi connectivity index (χ2v) is 10.0. The first kappa shape index (κ1) is 27.3. The van der Waals surface area contributed by atoms with E-state index in [1.54, 1.807) is 47.9 Å². The van der Waals surface area contributed by atoms with E-state index in [-0.39, 0.29) is 41.0 Å². The minimum atomic E-state index is -1.09. The van der Waals surface area contributed by atoms with Crippen LogP contribution in [-0.4, -0.2) is 34.3 Å². The quantitative estimate of drug-likeness (QED) is 0.219. The second-order valence-electron chi connectivity index (χ2n) is 10.0. The lowest BCUT2D eigenvalue weighted by Gasteiger charge is -2.13. The molecule has 42 heavy (non-hydrogen) atoms. The molecule has 0 aliphatic carbocycles. The maximum absolute atomic E-state index is 15.6. The Hall–Kier alpha value is -4.83. The van der Waals surface area contributed by atoms with Crippen molar-refractivity contribution in [3.63, 3.8) is 0 Å². The molecule has 1 aromatic heterocycles. The number of ether oxygens (including phenoxy) is 3. The van der Waals surface area contributed by atoms with E-state index < -0.39 is 29.7 Å². The van der Waals surface area contributed by atoms with Crippen LogP contribution in [0.4, 0.5) is 13.2 Å². The average Bonchev–Trinajstić information content (AvgIpc) is 3.54. The summed E-state index contributed by atoms with van der Waals surface area (Å²) < 4.78 is 64.4. The number of imidazole rings is 1. The number of nitrogens with zero attached hydrogens (tertiary/aromatic N) is 2. The first-order valence-corrected chi connectivity index (χ1v) is 13.2. The number of hydrogen-bond donors (Lipinski definition) is 1. The fourth-order valence-corrected chi connectivity index (χ4v) is 5.11. The molecule has 0 saturated heterocycles. The van der Waals surface area contributed by atoms with Crippen LogP contribution in [-0.2, 0) is 17.7 Å². The van der Waals surface area contributed by atoms with Crippen molar-refractivity contribution in [2.75, 3.05) is 13.7 Å². The SMILES string of the molecule is COCCn1c(Cc2c(F)cc(-c3cccc4c3OC(c3ccc(C)cc3F)O4)cc2F)nc2ccc(C(=O)O)cc21. The van der Waals surface area contributed by atoms with Crippen molar-refractivity contribution < 1.29 is 37.3 Å². The smallest absolute Gasteiger partial charge is 0.335 e. The number of halogens is 3. The van der Waals surface area contributed by atoms with Crippen LogP contribution >= 0.6 is 0 Å². The van der Waals surface area contributed by atoms with Crippen molar-refractivity contribution in [3.05, 3.63) is 112 Å². The third-order valence-electron chi connectivity index (χ3n) is 7.23. The predicted molar refractivity (Wildman–Crippen MR) is 148 cm³/mol. The van der Waals surface area contributed by atoms with E-state index in [0.717, 1.165) is 5.56 Å². The van der Waals surface area contributed by atoms with Crippen LogP contribution in [0.3, 0.4) is 0 Å². The van der Waals surface area contributed by atoms with Crippen LogP contribution < -0.4 is 9.47 Å².